The van der Waals surface area contributed by atoms with Crippen molar-refractivity contribution in [3.8, 4) is 0 Å². The van der Waals surface area contributed by atoms with E-state index in [4.69, 9.17) is 4.74 Å². The molecule has 0 unspecified atom stereocenters. The molecule has 0 atom stereocenters. The lowest BCUT2D eigenvalue weighted by atomic mass is 10.1. The highest BCUT2D eigenvalue weighted by Gasteiger charge is 2.24. The Morgan fingerprint density at radius 3 is 2.71 bits per heavy atom. The van der Waals surface area contributed by atoms with Gasteiger partial charge in [-0.1, -0.05) is 46.3 Å². The van der Waals surface area contributed by atoms with E-state index in [9.17, 15) is 9.59 Å². The van der Waals surface area contributed by atoms with Crippen LogP contribution in [0.1, 0.15) is 21.5 Å². The lowest BCUT2D eigenvalue weighted by Gasteiger charge is -2.07. The Morgan fingerprint density at radius 2 is 1.91 bits per heavy atom. The summed E-state index contributed by atoms with van der Waals surface area (Å²) in [6.07, 6.45) is 3.92. The number of nitrogens with one attached hydrogen (secondary N) is 1. The Kier molecular flexibility index (Phi) is 6.57. The first kappa shape index (κ1) is 23.1. The molecule has 1 amide bonds. The second-order valence-corrected chi connectivity index (χ2v) is 9.83. The summed E-state index contributed by atoms with van der Waals surface area (Å²) in [5.74, 6) is -0.534. The average molecular weight is 546 g/mol. The number of aliphatic imine (C=N–C) groups is 1. The number of amides is 1. The largest absolute Gasteiger partial charge is 0.465 e. The number of ether oxygens (including phenoxy) is 1. The fourth-order valence-corrected chi connectivity index (χ4v) is 4.98. The minimum Gasteiger partial charge on any atom is -0.465 e. The highest BCUT2D eigenvalue weighted by Crippen LogP contribution is 2.31. The van der Waals surface area contributed by atoms with Gasteiger partial charge in [0.05, 0.1) is 23.3 Å². The maximum atomic E-state index is 12.7. The van der Waals surface area contributed by atoms with E-state index in [1.54, 1.807) is 6.07 Å². The number of thioether (sulfide) groups is 1. The van der Waals surface area contributed by atoms with Gasteiger partial charge in [-0.05, 0) is 65.9 Å². The number of carbonyl (C=O) groups excluding carboxylic acids is 2. The summed E-state index contributed by atoms with van der Waals surface area (Å²) in [7, 11) is 1.38. The van der Waals surface area contributed by atoms with Crippen molar-refractivity contribution in [2.75, 3.05) is 7.11 Å². The number of amidine groups is 1. The van der Waals surface area contributed by atoms with E-state index < -0.39 is 0 Å². The molecule has 1 aliphatic heterocycles. The van der Waals surface area contributed by atoms with Gasteiger partial charge in [0.1, 0.15) is 0 Å². The zero-order valence-corrected chi connectivity index (χ0v) is 21.1. The Hall–Kier alpha value is -3.62. The zero-order chi connectivity index (χ0) is 24.4. The number of rotatable bonds is 5. The number of hydrogen-bond acceptors (Lipinski definition) is 5. The normalized spacial score (nSPS) is 15.7. The molecular formula is C27H20BrN3O3S. The molecule has 0 spiro atoms. The molecule has 1 saturated heterocycles. The molecule has 4 aromatic rings. The Bertz CT molecular complexity index is 1510. The van der Waals surface area contributed by atoms with Gasteiger partial charge in [0.15, 0.2) is 5.17 Å². The van der Waals surface area contributed by atoms with Crippen molar-refractivity contribution in [3.05, 3.63) is 105 Å². The fraction of sp³-hybridized carbons (Fsp3) is 0.0741. The summed E-state index contributed by atoms with van der Waals surface area (Å²) in [5.41, 5.74) is 4.23. The number of benzene rings is 3. The molecule has 1 aromatic heterocycles. The monoisotopic (exact) mass is 545 g/mol. The lowest BCUT2D eigenvalue weighted by molar-refractivity contribution is -0.115. The second-order valence-electron chi connectivity index (χ2n) is 7.88. The van der Waals surface area contributed by atoms with Crippen molar-refractivity contribution in [3.63, 3.8) is 0 Å². The third kappa shape index (κ3) is 5.08. The van der Waals surface area contributed by atoms with Crippen LogP contribution >= 0.6 is 27.7 Å². The van der Waals surface area contributed by atoms with Gasteiger partial charge in [0, 0.05) is 33.7 Å². The third-order valence-electron chi connectivity index (χ3n) is 5.52. The minimum absolute atomic E-state index is 0.173. The number of esters is 1. The quantitative estimate of drug-likeness (QED) is 0.242. The smallest absolute Gasteiger partial charge is 0.337 e. The van der Waals surface area contributed by atoms with Crippen LogP contribution in [0, 0.1) is 0 Å². The Balaban J connectivity index is 1.45. The molecule has 1 fully saturated rings. The molecule has 5 rings (SSSR count). The van der Waals surface area contributed by atoms with Crippen LogP contribution in [-0.4, -0.2) is 28.7 Å². The molecule has 8 heteroatoms. The Morgan fingerprint density at radius 1 is 1.11 bits per heavy atom. The first-order valence-electron chi connectivity index (χ1n) is 10.8. The number of carbonyl (C=O) groups is 2. The van der Waals surface area contributed by atoms with E-state index in [0.29, 0.717) is 22.2 Å². The first-order valence-corrected chi connectivity index (χ1v) is 12.4. The van der Waals surface area contributed by atoms with Crippen molar-refractivity contribution in [2.24, 2.45) is 4.99 Å². The van der Waals surface area contributed by atoms with Gasteiger partial charge >= 0.3 is 5.97 Å². The molecule has 2 heterocycles. The van der Waals surface area contributed by atoms with E-state index in [1.165, 1.54) is 18.9 Å². The van der Waals surface area contributed by atoms with E-state index in [0.717, 1.165) is 32.2 Å². The highest BCUT2D eigenvalue weighted by molar-refractivity contribution is 9.10. The highest BCUT2D eigenvalue weighted by atomic mass is 79.9. The van der Waals surface area contributed by atoms with Gasteiger partial charge in [0.25, 0.3) is 5.91 Å². The molecular weight excluding hydrogens is 526 g/mol. The van der Waals surface area contributed by atoms with Gasteiger partial charge in [-0.15, -0.1) is 0 Å². The van der Waals surface area contributed by atoms with Gasteiger partial charge < -0.3 is 14.6 Å². The standard InChI is InChI=1S/C27H20BrN3O3S/c1-34-26(33)18-6-4-5-17(13-18)15-31-16-19(22-7-2-3-8-23(22)31)14-24-25(32)30-27(35-24)29-21-11-9-20(28)10-12-21/h2-14,16H,15H2,1H3,(H,29,30,32)/b24-14-. The predicted molar refractivity (Wildman–Crippen MR) is 144 cm³/mol. The summed E-state index contributed by atoms with van der Waals surface area (Å²) in [6, 6.07) is 23.0. The number of halogens is 1. The maximum Gasteiger partial charge on any atom is 0.337 e. The fourth-order valence-electron chi connectivity index (χ4n) is 3.89. The van der Waals surface area contributed by atoms with Gasteiger partial charge in [-0.25, -0.2) is 9.79 Å². The topological polar surface area (TPSA) is 72.7 Å². The average Bonchev–Trinajstić information content (AvgIpc) is 3.39. The third-order valence-corrected chi connectivity index (χ3v) is 6.95. The summed E-state index contributed by atoms with van der Waals surface area (Å²) in [6.45, 7) is 0.574. The Labute approximate surface area is 214 Å². The van der Waals surface area contributed by atoms with Crippen LogP contribution < -0.4 is 5.32 Å². The summed E-state index contributed by atoms with van der Waals surface area (Å²) >= 11 is 4.73. The van der Waals surface area contributed by atoms with Crippen molar-refractivity contribution < 1.29 is 14.3 Å². The van der Waals surface area contributed by atoms with E-state index in [2.05, 4.69) is 30.8 Å². The number of para-hydroxylation sites is 1. The van der Waals surface area contributed by atoms with Gasteiger partial charge in [0.2, 0.25) is 0 Å². The van der Waals surface area contributed by atoms with Crippen LogP contribution in [0.25, 0.3) is 17.0 Å². The molecule has 1 aliphatic rings. The summed E-state index contributed by atoms with van der Waals surface area (Å²) in [5, 5.41) is 4.43. The molecule has 35 heavy (non-hydrogen) atoms. The van der Waals surface area contributed by atoms with Crippen LogP contribution in [0.15, 0.2) is 93.4 Å². The molecule has 0 saturated carbocycles. The lowest BCUT2D eigenvalue weighted by Crippen LogP contribution is -2.19. The van der Waals surface area contributed by atoms with Crippen molar-refractivity contribution in [1.29, 1.82) is 0 Å². The van der Waals surface area contributed by atoms with Crippen molar-refractivity contribution in [1.82, 2.24) is 9.88 Å². The van der Waals surface area contributed by atoms with Crippen molar-refractivity contribution in [2.45, 2.75) is 6.54 Å². The first-order chi connectivity index (χ1) is 17.0. The molecule has 0 aliphatic carbocycles. The number of fused-ring (bicyclic) bond motifs is 1. The minimum atomic E-state index is -0.362. The van der Waals surface area contributed by atoms with Crippen LogP contribution in [0.5, 0.6) is 0 Å². The van der Waals surface area contributed by atoms with Crippen LogP contribution in [0.3, 0.4) is 0 Å². The number of nitrogens with zero attached hydrogens (tertiary/aromatic N) is 2. The van der Waals surface area contributed by atoms with E-state index in [1.807, 2.05) is 79.0 Å². The maximum absolute atomic E-state index is 12.7. The van der Waals surface area contributed by atoms with Crippen LogP contribution in [-0.2, 0) is 16.1 Å². The zero-order valence-electron chi connectivity index (χ0n) is 18.7. The predicted octanol–water partition coefficient (Wildman–Crippen LogP) is 6.13. The second kappa shape index (κ2) is 9.93. The molecule has 0 radical (unpaired) electrons. The van der Waals surface area contributed by atoms with Gasteiger partial charge in [-0.3, -0.25) is 4.79 Å². The van der Waals surface area contributed by atoms with Crippen LogP contribution in [0.4, 0.5) is 5.69 Å². The number of hydrogen-bond donors (Lipinski definition) is 1. The number of aromatic nitrogens is 1. The molecule has 174 valence electrons. The van der Waals surface area contributed by atoms with Gasteiger partial charge in [-0.2, -0.15) is 0 Å². The molecule has 0 bridgehead atoms. The van der Waals surface area contributed by atoms with E-state index in [-0.39, 0.29) is 11.9 Å². The molecule has 1 N–H and O–H groups in total. The summed E-state index contributed by atoms with van der Waals surface area (Å²) in [4.78, 5) is 29.7. The van der Waals surface area contributed by atoms with E-state index >= 15 is 0 Å². The van der Waals surface area contributed by atoms with Crippen LogP contribution in [0.2, 0.25) is 0 Å². The van der Waals surface area contributed by atoms with Crippen molar-refractivity contribution >= 4 is 67.4 Å². The molecule has 6 nitrogen and oxygen atoms in total. The number of methoxy groups -OCH3 is 1. The molecule has 3 aromatic carbocycles. The summed E-state index contributed by atoms with van der Waals surface area (Å²) < 4.78 is 7.93. The SMILES string of the molecule is COC(=O)c1cccc(Cn2cc(/C=C3\SC(=Nc4ccc(Br)cc4)NC3=O)c3ccccc32)c1.